The Balaban J connectivity index is 1.18. The fourth-order valence-electron chi connectivity index (χ4n) is 7.51. The molecule has 4 heteroatoms. The molecule has 272 valence electrons. The fraction of sp³-hybridized carbons (Fsp3) is 0. The third-order valence-corrected chi connectivity index (χ3v) is 10.5. The summed E-state index contributed by atoms with van der Waals surface area (Å²) in [6, 6.07) is 65.9. The lowest BCUT2D eigenvalue weighted by Crippen LogP contribution is -2.10. The highest BCUT2D eigenvalue weighted by molar-refractivity contribution is 6.37. The van der Waals surface area contributed by atoms with Gasteiger partial charge in [0.25, 0.3) is 0 Å². The smallest absolute Gasteiger partial charge is 0.160 e. The van der Waals surface area contributed by atoms with Gasteiger partial charge in [0.15, 0.2) is 5.82 Å². The molecule has 0 atom stereocenters. The molecule has 58 heavy (non-hydrogen) atoms. The maximum absolute atomic E-state index is 9.55. The third-order valence-electron chi connectivity index (χ3n) is 10.5. The van der Waals surface area contributed by atoms with Crippen LogP contribution in [0.3, 0.4) is 0 Å². The van der Waals surface area contributed by atoms with E-state index in [1.165, 1.54) is 0 Å². The molecule has 0 radical (unpaired) electrons. The molecule has 1 aliphatic rings. The Hall–Kier alpha value is -8.00. The predicted octanol–water partition coefficient (Wildman–Crippen LogP) is 13.4. The molecular formula is C54H36N4. The first-order valence-electron chi connectivity index (χ1n) is 19.1. The largest absolute Gasteiger partial charge is 0.300 e. The first-order chi connectivity index (χ1) is 28.5. The zero-order chi connectivity index (χ0) is 39.4. The molecule has 0 unspecified atom stereocenters. The zero-order valence-electron chi connectivity index (χ0n) is 31.6. The highest BCUT2D eigenvalue weighted by Crippen LogP contribution is 2.40. The van der Waals surface area contributed by atoms with Crippen LogP contribution in [0.15, 0.2) is 212 Å². The number of allylic oxidation sites excluding steroid dienone is 5. The van der Waals surface area contributed by atoms with Crippen molar-refractivity contribution in [3.05, 3.63) is 229 Å². The molecule has 0 spiro atoms. The summed E-state index contributed by atoms with van der Waals surface area (Å²) in [4.78, 5) is 10.1. The summed E-state index contributed by atoms with van der Waals surface area (Å²) in [6.45, 7) is 4.37. The Kier molecular flexibility index (Phi) is 9.61. The van der Waals surface area contributed by atoms with Crippen molar-refractivity contribution in [2.45, 2.75) is 0 Å². The normalized spacial score (nSPS) is 12.4. The summed E-state index contributed by atoms with van der Waals surface area (Å²) in [7, 11) is 0. The van der Waals surface area contributed by atoms with Crippen molar-refractivity contribution in [2.75, 3.05) is 0 Å². The number of nitrogens with one attached hydrogen (secondary N) is 1. The van der Waals surface area contributed by atoms with Gasteiger partial charge < -0.3 is 0 Å². The number of aromatic nitrogens is 2. The number of rotatable bonds is 8. The van der Waals surface area contributed by atoms with Gasteiger partial charge in [-0.1, -0.05) is 164 Å². The molecule has 7 aromatic carbocycles. The maximum Gasteiger partial charge on any atom is 0.160 e. The van der Waals surface area contributed by atoms with Crippen molar-refractivity contribution in [2.24, 2.45) is 0 Å². The van der Waals surface area contributed by atoms with Crippen LogP contribution < -0.4 is 0 Å². The van der Waals surface area contributed by atoms with E-state index in [1.807, 2.05) is 109 Å². The Morgan fingerprint density at radius 1 is 0.414 bits per heavy atom. The summed E-state index contributed by atoms with van der Waals surface area (Å²) in [5.74, 6) is 0.667. The van der Waals surface area contributed by atoms with Gasteiger partial charge in [0.2, 0.25) is 0 Å². The van der Waals surface area contributed by atoms with Gasteiger partial charge in [-0.3, -0.25) is 5.41 Å². The molecule has 9 rings (SSSR count). The highest BCUT2D eigenvalue weighted by Gasteiger charge is 2.22. The van der Waals surface area contributed by atoms with Gasteiger partial charge in [-0.2, -0.15) is 5.26 Å². The molecule has 0 saturated heterocycles. The van der Waals surface area contributed by atoms with Gasteiger partial charge in [-0.15, -0.1) is 0 Å². The summed E-state index contributed by atoms with van der Waals surface area (Å²) in [5, 5.41) is 18.9. The molecule has 1 aliphatic carbocycles. The molecule has 1 N–H and O–H groups in total. The first kappa shape index (κ1) is 35.7. The Morgan fingerprint density at radius 3 is 1.59 bits per heavy atom. The Bertz CT molecular complexity index is 2900. The van der Waals surface area contributed by atoms with Crippen LogP contribution in [0.25, 0.3) is 78.4 Å². The summed E-state index contributed by atoms with van der Waals surface area (Å²) in [6.07, 6.45) is 4.12. The second kappa shape index (κ2) is 15.6. The van der Waals surface area contributed by atoms with E-state index in [9.17, 15) is 10.7 Å². The van der Waals surface area contributed by atoms with E-state index in [2.05, 4.69) is 104 Å². The van der Waals surface area contributed by atoms with Gasteiger partial charge in [0.05, 0.1) is 28.7 Å². The van der Waals surface area contributed by atoms with Crippen molar-refractivity contribution in [1.82, 2.24) is 9.97 Å². The SMILES string of the molecule is C=C1C(=N)C(c2ccccc2-c2cc(-c3ccc(C#N)cc3)cc(-c3cccc(-c4cc(-c5ccccc5)nc(-c5ccccc5)n4)c3)c2)=CC=C1c1ccccc1. The maximum atomic E-state index is 9.55. The van der Waals surface area contributed by atoms with E-state index in [-0.39, 0.29) is 0 Å². The van der Waals surface area contributed by atoms with E-state index >= 15 is 0 Å². The second-order valence-corrected chi connectivity index (χ2v) is 14.2. The van der Waals surface area contributed by atoms with E-state index < -0.39 is 0 Å². The van der Waals surface area contributed by atoms with Gasteiger partial charge >= 0.3 is 0 Å². The molecule has 1 heterocycles. The minimum absolute atomic E-state index is 0.402. The number of hydrogen-bond acceptors (Lipinski definition) is 4. The monoisotopic (exact) mass is 740 g/mol. The van der Waals surface area contributed by atoms with Crippen LogP contribution in [-0.4, -0.2) is 15.7 Å². The molecule has 0 saturated carbocycles. The van der Waals surface area contributed by atoms with E-state index in [4.69, 9.17) is 9.97 Å². The topological polar surface area (TPSA) is 73.4 Å². The standard InChI is InChI=1S/C54H36N4/c1-36-47(39-14-5-2-6-15-39)28-29-50(53(36)56)49-23-12-11-22-48(49)46-32-44(38-26-24-37(35-55)25-27-38)31-45(33-46)42-20-13-21-43(30-42)52-34-51(40-16-7-3-8-17-40)57-54(58-52)41-18-9-4-10-19-41/h2-34,56H,1H2. The Morgan fingerprint density at radius 2 is 0.914 bits per heavy atom. The van der Waals surface area contributed by atoms with Gasteiger partial charge in [0.1, 0.15) is 0 Å². The summed E-state index contributed by atoms with van der Waals surface area (Å²) < 4.78 is 0. The highest BCUT2D eigenvalue weighted by atomic mass is 14.9. The lowest BCUT2D eigenvalue weighted by Gasteiger charge is -2.22. The molecule has 0 amide bonds. The van der Waals surface area contributed by atoms with Crippen LogP contribution in [-0.2, 0) is 0 Å². The van der Waals surface area contributed by atoms with Gasteiger partial charge in [0, 0.05) is 27.8 Å². The van der Waals surface area contributed by atoms with E-state index in [1.54, 1.807) is 0 Å². The minimum Gasteiger partial charge on any atom is -0.300 e. The van der Waals surface area contributed by atoms with Crippen LogP contribution in [0.1, 0.15) is 16.7 Å². The number of hydrogen-bond donors (Lipinski definition) is 1. The molecular weight excluding hydrogens is 705 g/mol. The van der Waals surface area contributed by atoms with Gasteiger partial charge in [-0.05, 0) is 92.5 Å². The predicted molar refractivity (Wildman–Crippen MR) is 239 cm³/mol. The first-order valence-corrected chi connectivity index (χ1v) is 19.1. The van der Waals surface area contributed by atoms with Crippen molar-refractivity contribution < 1.29 is 0 Å². The molecule has 4 nitrogen and oxygen atoms in total. The quantitative estimate of drug-likeness (QED) is 0.169. The molecule has 8 aromatic rings. The second-order valence-electron chi connectivity index (χ2n) is 14.2. The average molecular weight is 741 g/mol. The Labute approximate surface area is 338 Å². The molecule has 1 aromatic heterocycles. The molecule has 0 aliphatic heterocycles. The fourth-order valence-corrected chi connectivity index (χ4v) is 7.51. The van der Waals surface area contributed by atoms with Crippen molar-refractivity contribution in [3.8, 4) is 73.4 Å². The average Bonchev–Trinajstić information content (AvgIpc) is 3.30. The van der Waals surface area contributed by atoms with Crippen molar-refractivity contribution >= 4 is 16.9 Å². The van der Waals surface area contributed by atoms with E-state index in [0.29, 0.717) is 22.7 Å². The number of benzene rings is 7. The number of nitrogens with zero attached hydrogens (tertiary/aromatic N) is 3. The van der Waals surface area contributed by atoms with Gasteiger partial charge in [-0.25, -0.2) is 9.97 Å². The molecule has 0 bridgehead atoms. The van der Waals surface area contributed by atoms with Crippen LogP contribution in [0.2, 0.25) is 0 Å². The number of nitriles is 1. The van der Waals surface area contributed by atoms with Crippen LogP contribution in [0, 0.1) is 16.7 Å². The third kappa shape index (κ3) is 7.12. The lowest BCUT2D eigenvalue weighted by atomic mass is 9.82. The van der Waals surface area contributed by atoms with Crippen LogP contribution >= 0.6 is 0 Å². The van der Waals surface area contributed by atoms with Crippen LogP contribution in [0.5, 0.6) is 0 Å². The zero-order valence-corrected chi connectivity index (χ0v) is 31.6. The van der Waals surface area contributed by atoms with Crippen molar-refractivity contribution in [1.29, 1.82) is 10.7 Å². The summed E-state index contributed by atoms with van der Waals surface area (Å²) in [5.41, 5.74) is 16.2. The van der Waals surface area contributed by atoms with Crippen LogP contribution in [0.4, 0.5) is 0 Å². The summed E-state index contributed by atoms with van der Waals surface area (Å²) >= 11 is 0. The van der Waals surface area contributed by atoms with E-state index in [0.717, 1.165) is 83.7 Å². The van der Waals surface area contributed by atoms with Crippen molar-refractivity contribution in [3.63, 3.8) is 0 Å². The lowest BCUT2D eigenvalue weighted by molar-refractivity contribution is 1.18. The molecule has 0 fully saturated rings. The minimum atomic E-state index is 0.402.